The zero-order chi connectivity index (χ0) is 19.8. The van der Waals surface area contributed by atoms with Crippen molar-refractivity contribution < 1.29 is 31.1 Å². The minimum atomic E-state index is -3.49. The minimum Gasteiger partial charge on any atom is -0.317 e. The van der Waals surface area contributed by atoms with E-state index in [2.05, 4.69) is 0 Å². The summed E-state index contributed by atoms with van der Waals surface area (Å²) in [5.41, 5.74) is 0. The van der Waals surface area contributed by atoms with E-state index in [1.807, 2.05) is 6.92 Å². The average molecular weight is 400 g/mol. The Morgan fingerprint density at radius 2 is 1.33 bits per heavy atom. The van der Waals surface area contributed by atoms with Crippen LogP contribution in [0.15, 0.2) is 0 Å². The van der Waals surface area contributed by atoms with Gasteiger partial charge in [0.15, 0.2) is 6.17 Å². The molecule has 3 rings (SSSR count). The van der Waals surface area contributed by atoms with Crippen LogP contribution in [0.1, 0.15) is 64.7 Å². The molecule has 1 nitrogen and oxygen atoms in total. The van der Waals surface area contributed by atoms with Gasteiger partial charge in [0, 0.05) is 12.8 Å². The molecule has 0 aromatic carbocycles. The maximum Gasteiger partial charge on any atom is 0.358 e. The summed E-state index contributed by atoms with van der Waals surface area (Å²) in [6.45, 7) is 2.04. The number of hydrogen-bond acceptors (Lipinski definition) is 1. The number of rotatable bonds is 4. The smallest absolute Gasteiger partial charge is 0.317 e. The molecule has 0 saturated heterocycles. The van der Waals surface area contributed by atoms with Gasteiger partial charge >= 0.3 is 6.11 Å². The van der Waals surface area contributed by atoms with Crippen molar-refractivity contribution in [3.63, 3.8) is 0 Å². The number of ether oxygens (including phenoxy) is 1. The van der Waals surface area contributed by atoms with Crippen molar-refractivity contribution in [2.75, 3.05) is 0 Å². The largest absolute Gasteiger partial charge is 0.358 e. The second kappa shape index (κ2) is 8.50. The van der Waals surface area contributed by atoms with Crippen LogP contribution in [0.5, 0.6) is 0 Å². The van der Waals surface area contributed by atoms with Crippen LogP contribution in [0.2, 0.25) is 0 Å². The molecule has 0 N–H and O–H groups in total. The topological polar surface area (TPSA) is 9.23 Å². The first-order chi connectivity index (χ1) is 12.7. The highest BCUT2D eigenvalue weighted by Crippen LogP contribution is 2.47. The molecule has 0 spiro atoms. The van der Waals surface area contributed by atoms with Gasteiger partial charge in [0.25, 0.3) is 0 Å². The molecule has 0 aromatic rings. The number of halogens is 6. The quantitative estimate of drug-likeness (QED) is 0.500. The SMILES string of the molecule is CC1CCC(C2CCC(C(F)(F)OC3CC(F)C(F)C(F)C3)CC2)C(F)C1. The van der Waals surface area contributed by atoms with Crippen LogP contribution in [0.4, 0.5) is 26.3 Å². The number of alkyl halides is 6. The zero-order valence-electron chi connectivity index (χ0n) is 15.7. The first-order valence-corrected chi connectivity index (χ1v) is 10.3. The van der Waals surface area contributed by atoms with Crippen molar-refractivity contribution in [2.45, 2.75) is 102 Å². The maximum atomic E-state index is 14.5. The van der Waals surface area contributed by atoms with Crippen molar-refractivity contribution in [3.05, 3.63) is 0 Å². The van der Waals surface area contributed by atoms with Gasteiger partial charge in [-0.25, -0.2) is 17.6 Å². The zero-order valence-corrected chi connectivity index (χ0v) is 15.7. The Kier molecular flexibility index (Phi) is 6.69. The molecule has 5 unspecified atom stereocenters. The summed E-state index contributed by atoms with van der Waals surface area (Å²) in [7, 11) is 0. The van der Waals surface area contributed by atoms with Gasteiger partial charge in [-0.1, -0.05) is 13.3 Å². The Morgan fingerprint density at radius 3 is 1.89 bits per heavy atom. The summed E-state index contributed by atoms with van der Waals surface area (Å²) in [5, 5.41) is 0. The fourth-order valence-electron chi connectivity index (χ4n) is 5.25. The Balaban J connectivity index is 1.51. The van der Waals surface area contributed by atoms with E-state index in [0.29, 0.717) is 25.2 Å². The highest BCUT2D eigenvalue weighted by molar-refractivity contribution is 4.90. The van der Waals surface area contributed by atoms with E-state index < -0.39 is 55.7 Å². The molecule has 0 aliphatic heterocycles. The Hall–Kier alpha value is -0.460. The van der Waals surface area contributed by atoms with E-state index in [9.17, 15) is 26.3 Å². The molecule has 0 aromatic heterocycles. The molecule has 3 saturated carbocycles. The monoisotopic (exact) mass is 400 g/mol. The van der Waals surface area contributed by atoms with Gasteiger partial charge in [0.2, 0.25) is 0 Å². The summed E-state index contributed by atoms with van der Waals surface area (Å²) in [6, 6.07) is 0. The van der Waals surface area contributed by atoms with Crippen molar-refractivity contribution in [2.24, 2.45) is 23.7 Å². The predicted molar refractivity (Wildman–Crippen MR) is 90.6 cm³/mol. The van der Waals surface area contributed by atoms with Gasteiger partial charge in [0.05, 0.1) is 12.0 Å². The van der Waals surface area contributed by atoms with Gasteiger partial charge < -0.3 is 4.74 Å². The highest BCUT2D eigenvalue weighted by atomic mass is 19.3. The lowest BCUT2D eigenvalue weighted by molar-refractivity contribution is -0.306. The van der Waals surface area contributed by atoms with Gasteiger partial charge in [-0.2, -0.15) is 8.78 Å². The molecule has 3 aliphatic rings. The molecule has 0 radical (unpaired) electrons. The van der Waals surface area contributed by atoms with E-state index in [4.69, 9.17) is 4.74 Å². The van der Waals surface area contributed by atoms with Crippen LogP contribution in [0, 0.1) is 23.7 Å². The Labute approximate surface area is 157 Å². The first kappa shape index (κ1) is 21.3. The van der Waals surface area contributed by atoms with Gasteiger partial charge in [-0.3, -0.25) is 0 Å². The van der Waals surface area contributed by atoms with Crippen LogP contribution < -0.4 is 0 Å². The third-order valence-electron chi connectivity index (χ3n) is 6.93. The van der Waals surface area contributed by atoms with E-state index >= 15 is 0 Å². The van der Waals surface area contributed by atoms with Crippen LogP contribution in [0.3, 0.4) is 0 Å². The summed E-state index contributed by atoms with van der Waals surface area (Å²) in [4.78, 5) is 0. The van der Waals surface area contributed by atoms with Crippen molar-refractivity contribution in [3.8, 4) is 0 Å². The number of hydrogen-bond donors (Lipinski definition) is 0. The Morgan fingerprint density at radius 1 is 0.741 bits per heavy atom. The fourth-order valence-corrected chi connectivity index (χ4v) is 5.25. The molecule has 0 heterocycles. The first-order valence-electron chi connectivity index (χ1n) is 10.3. The van der Waals surface area contributed by atoms with E-state index in [1.54, 1.807) is 0 Å². The maximum absolute atomic E-state index is 14.5. The molecule has 3 aliphatic carbocycles. The average Bonchev–Trinajstić information content (AvgIpc) is 2.59. The molecular formula is C20H30F6O. The summed E-state index contributed by atoms with van der Waals surface area (Å²) in [6.07, 6.45) is -9.41. The van der Waals surface area contributed by atoms with Crippen LogP contribution in [-0.2, 0) is 4.74 Å². The van der Waals surface area contributed by atoms with Crippen LogP contribution in [0.25, 0.3) is 0 Å². The summed E-state index contributed by atoms with van der Waals surface area (Å²) in [5.74, 6) is -0.583. The standard InChI is InChI=1S/C20H30F6O/c1-11-2-7-15(16(21)8-11)12-3-5-13(6-4-12)20(25,26)27-14-9-17(22)19(24)18(23)10-14/h11-19H,2-10H2,1H3. The Bertz CT molecular complexity index is 469. The third kappa shape index (κ3) is 4.94. The molecular weight excluding hydrogens is 370 g/mol. The molecule has 158 valence electrons. The van der Waals surface area contributed by atoms with Gasteiger partial charge in [-0.15, -0.1) is 0 Å². The molecule has 5 atom stereocenters. The summed E-state index contributed by atoms with van der Waals surface area (Å²) >= 11 is 0. The van der Waals surface area contributed by atoms with Crippen LogP contribution >= 0.6 is 0 Å². The van der Waals surface area contributed by atoms with Crippen LogP contribution in [-0.4, -0.2) is 36.9 Å². The van der Waals surface area contributed by atoms with E-state index in [-0.39, 0.29) is 24.7 Å². The van der Waals surface area contributed by atoms with E-state index in [1.165, 1.54) is 0 Å². The normalized spacial score (nSPS) is 47.0. The lowest BCUT2D eigenvalue weighted by atomic mass is 9.68. The van der Waals surface area contributed by atoms with Crippen molar-refractivity contribution >= 4 is 0 Å². The van der Waals surface area contributed by atoms with Gasteiger partial charge in [0.1, 0.15) is 18.5 Å². The van der Waals surface area contributed by atoms with E-state index in [0.717, 1.165) is 12.8 Å². The molecule has 27 heavy (non-hydrogen) atoms. The lowest BCUT2D eigenvalue weighted by Crippen LogP contribution is -2.45. The molecule has 0 amide bonds. The lowest BCUT2D eigenvalue weighted by Gasteiger charge is -2.41. The van der Waals surface area contributed by atoms with Crippen molar-refractivity contribution in [1.82, 2.24) is 0 Å². The highest BCUT2D eigenvalue weighted by Gasteiger charge is 2.49. The second-order valence-electron chi connectivity index (χ2n) is 8.96. The third-order valence-corrected chi connectivity index (χ3v) is 6.93. The summed E-state index contributed by atoms with van der Waals surface area (Å²) < 4.78 is 88.2. The second-order valence-corrected chi connectivity index (χ2v) is 8.96. The fraction of sp³-hybridized carbons (Fsp3) is 1.00. The van der Waals surface area contributed by atoms with Gasteiger partial charge in [-0.05, 0) is 56.3 Å². The predicted octanol–water partition coefficient (Wildman–Crippen LogP) is 6.35. The molecule has 3 fully saturated rings. The molecule has 0 bridgehead atoms. The van der Waals surface area contributed by atoms with Crippen molar-refractivity contribution in [1.29, 1.82) is 0 Å². The molecule has 7 heteroatoms. The minimum absolute atomic E-state index is 0.0453.